The molecule has 0 aromatic rings. The summed E-state index contributed by atoms with van der Waals surface area (Å²) in [5.74, 6) is -0.780. The maximum atomic E-state index is 11.0. The third-order valence-corrected chi connectivity index (χ3v) is 1.47. The molecule has 0 saturated heterocycles. The van der Waals surface area contributed by atoms with E-state index in [2.05, 4.69) is 10.1 Å². The maximum absolute atomic E-state index is 11.0. The molecule has 1 N–H and O–H groups in total. The monoisotopic (exact) mass is 203 g/mol. The van der Waals surface area contributed by atoms with Crippen LogP contribution in [0.15, 0.2) is 0 Å². The molecule has 5 heteroatoms. The number of carbonyl (C=O) groups excluding carboxylic acids is 2. The summed E-state index contributed by atoms with van der Waals surface area (Å²) < 4.78 is 9.33. The number of rotatable bonds is 5. The van der Waals surface area contributed by atoms with Crippen molar-refractivity contribution >= 4 is 11.9 Å². The Morgan fingerprint density at radius 1 is 1.29 bits per heavy atom. The molecule has 1 unspecified atom stereocenters. The highest BCUT2D eigenvalue weighted by molar-refractivity contribution is 5.77. The fourth-order valence-corrected chi connectivity index (χ4v) is 0.801. The SMILES string of the molecule is COC(=O)C(C)NCC(=O)OC(C)C. The largest absolute Gasteiger partial charge is 0.468 e. The van der Waals surface area contributed by atoms with Gasteiger partial charge >= 0.3 is 11.9 Å². The second-order valence-electron chi connectivity index (χ2n) is 3.16. The van der Waals surface area contributed by atoms with E-state index in [1.54, 1.807) is 20.8 Å². The normalized spacial score (nSPS) is 12.4. The highest BCUT2D eigenvalue weighted by Crippen LogP contribution is 1.89. The first-order chi connectivity index (χ1) is 6.47. The first-order valence-corrected chi connectivity index (χ1v) is 4.48. The second kappa shape index (κ2) is 6.37. The van der Waals surface area contributed by atoms with Crippen molar-refractivity contribution in [3.63, 3.8) is 0 Å². The Kier molecular flexibility index (Phi) is 5.87. The van der Waals surface area contributed by atoms with E-state index >= 15 is 0 Å². The molecule has 0 radical (unpaired) electrons. The third kappa shape index (κ3) is 5.53. The molecule has 14 heavy (non-hydrogen) atoms. The van der Waals surface area contributed by atoms with Crippen molar-refractivity contribution in [1.29, 1.82) is 0 Å². The van der Waals surface area contributed by atoms with Crippen molar-refractivity contribution < 1.29 is 19.1 Å². The van der Waals surface area contributed by atoms with Gasteiger partial charge in [0.05, 0.1) is 19.8 Å². The average molecular weight is 203 g/mol. The van der Waals surface area contributed by atoms with Gasteiger partial charge in [0.1, 0.15) is 6.04 Å². The number of ether oxygens (including phenoxy) is 2. The topological polar surface area (TPSA) is 64.6 Å². The fraction of sp³-hybridized carbons (Fsp3) is 0.778. The van der Waals surface area contributed by atoms with Crippen LogP contribution in [-0.4, -0.2) is 37.7 Å². The van der Waals surface area contributed by atoms with Gasteiger partial charge < -0.3 is 9.47 Å². The Hall–Kier alpha value is -1.10. The van der Waals surface area contributed by atoms with Crippen LogP contribution in [0.4, 0.5) is 0 Å². The average Bonchev–Trinajstić information content (AvgIpc) is 2.11. The lowest BCUT2D eigenvalue weighted by Crippen LogP contribution is -2.39. The molecule has 0 rings (SSSR count). The Morgan fingerprint density at radius 3 is 2.29 bits per heavy atom. The van der Waals surface area contributed by atoms with Crippen LogP contribution in [0.3, 0.4) is 0 Å². The van der Waals surface area contributed by atoms with Crippen molar-refractivity contribution in [3.05, 3.63) is 0 Å². The minimum Gasteiger partial charge on any atom is -0.468 e. The van der Waals surface area contributed by atoms with E-state index in [0.29, 0.717) is 0 Å². The van der Waals surface area contributed by atoms with Gasteiger partial charge in [0, 0.05) is 0 Å². The number of methoxy groups -OCH3 is 1. The smallest absolute Gasteiger partial charge is 0.322 e. The summed E-state index contributed by atoms with van der Waals surface area (Å²) in [6.45, 7) is 5.16. The Labute approximate surface area is 83.8 Å². The van der Waals surface area contributed by atoms with Gasteiger partial charge in [-0.2, -0.15) is 0 Å². The minimum absolute atomic E-state index is 0.00838. The fourth-order valence-electron chi connectivity index (χ4n) is 0.801. The summed E-state index contributed by atoms with van der Waals surface area (Å²) in [6, 6.07) is -0.500. The van der Waals surface area contributed by atoms with Gasteiger partial charge in [0.25, 0.3) is 0 Å². The van der Waals surface area contributed by atoms with Crippen LogP contribution in [0, 0.1) is 0 Å². The van der Waals surface area contributed by atoms with Gasteiger partial charge in [-0.1, -0.05) is 0 Å². The molecule has 0 bridgehead atoms. The summed E-state index contributed by atoms with van der Waals surface area (Å²) in [4.78, 5) is 21.9. The summed E-state index contributed by atoms with van der Waals surface area (Å²) >= 11 is 0. The second-order valence-corrected chi connectivity index (χ2v) is 3.16. The molecule has 1 atom stereocenters. The van der Waals surface area contributed by atoms with E-state index in [1.165, 1.54) is 7.11 Å². The van der Waals surface area contributed by atoms with Gasteiger partial charge in [-0.3, -0.25) is 14.9 Å². The van der Waals surface area contributed by atoms with Crippen molar-refractivity contribution in [2.75, 3.05) is 13.7 Å². The van der Waals surface area contributed by atoms with E-state index < -0.39 is 12.0 Å². The van der Waals surface area contributed by atoms with E-state index in [0.717, 1.165) is 0 Å². The number of hydrogen-bond acceptors (Lipinski definition) is 5. The van der Waals surface area contributed by atoms with Crippen LogP contribution in [0.25, 0.3) is 0 Å². The zero-order valence-corrected chi connectivity index (χ0v) is 8.99. The van der Waals surface area contributed by atoms with E-state index in [-0.39, 0.29) is 18.6 Å². The van der Waals surface area contributed by atoms with E-state index in [1.807, 2.05) is 0 Å². The Morgan fingerprint density at radius 2 is 1.86 bits per heavy atom. The number of hydrogen-bond donors (Lipinski definition) is 1. The van der Waals surface area contributed by atoms with Crippen LogP contribution in [0.5, 0.6) is 0 Å². The molecule has 82 valence electrons. The quantitative estimate of drug-likeness (QED) is 0.641. The summed E-state index contributed by atoms with van der Waals surface area (Å²) in [7, 11) is 1.30. The summed E-state index contributed by atoms with van der Waals surface area (Å²) in [5.41, 5.74) is 0. The summed E-state index contributed by atoms with van der Waals surface area (Å²) in [5, 5.41) is 2.69. The molecule has 0 spiro atoms. The first kappa shape index (κ1) is 12.9. The molecule has 0 fully saturated rings. The molecule has 0 aromatic carbocycles. The van der Waals surface area contributed by atoms with Gasteiger partial charge in [0.2, 0.25) is 0 Å². The highest BCUT2D eigenvalue weighted by Gasteiger charge is 2.14. The lowest BCUT2D eigenvalue weighted by atomic mass is 10.3. The van der Waals surface area contributed by atoms with Crippen molar-refractivity contribution in [3.8, 4) is 0 Å². The zero-order valence-electron chi connectivity index (χ0n) is 8.99. The molecule has 0 amide bonds. The van der Waals surface area contributed by atoms with E-state index in [4.69, 9.17) is 4.74 Å². The van der Waals surface area contributed by atoms with Gasteiger partial charge in [-0.25, -0.2) is 0 Å². The Bertz CT molecular complexity index is 203. The standard InChI is InChI=1S/C9H17NO4/c1-6(2)14-8(11)5-10-7(3)9(12)13-4/h6-7,10H,5H2,1-4H3. The lowest BCUT2D eigenvalue weighted by molar-refractivity contribution is -0.147. The molecule has 0 aliphatic heterocycles. The van der Waals surface area contributed by atoms with Crippen LogP contribution in [-0.2, 0) is 19.1 Å². The first-order valence-electron chi connectivity index (χ1n) is 4.48. The number of carbonyl (C=O) groups is 2. The van der Waals surface area contributed by atoms with Crippen molar-refractivity contribution in [1.82, 2.24) is 5.32 Å². The van der Waals surface area contributed by atoms with Gasteiger partial charge in [-0.05, 0) is 20.8 Å². The predicted molar refractivity (Wildman–Crippen MR) is 50.7 cm³/mol. The van der Waals surface area contributed by atoms with Crippen molar-refractivity contribution in [2.24, 2.45) is 0 Å². The van der Waals surface area contributed by atoms with E-state index in [9.17, 15) is 9.59 Å². The molecule has 0 aliphatic carbocycles. The summed E-state index contributed by atoms with van der Waals surface area (Å²) in [6.07, 6.45) is -0.141. The van der Waals surface area contributed by atoms with Crippen LogP contribution in [0.2, 0.25) is 0 Å². The molecule has 0 aliphatic rings. The molecular formula is C9H17NO4. The van der Waals surface area contributed by atoms with Crippen molar-refractivity contribution in [2.45, 2.75) is 32.9 Å². The maximum Gasteiger partial charge on any atom is 0.322 e. The molecule has 0 saturated carbocycles. The zero-order chi connectivity index (χ0) is 11.1. The highest BCUT2D eigenvalue weighted by atomic mass is 16.5. The molecular weight excluding hydrogens is 186 g/mol. The van der Waals surface area contributed by atoms with Crippen LogP contribution in [0.1, 0.15) is 20.8 Å². The molecule has 0 aromatic heterocycles. The minimum atomic E-state index is -0.500. The number of nitrogens with one attached hydrogen (secondary N) is 1. The van der Waals surface area contributed by atoms with Gasteiger partial charge in [-0.15, -0.1) is 0 Å². The Balaban J connectivity index is 3.71. The lowest BCUT2D eigenvalue weighted by Gasteiger charge is -2.12. The molecule has 5 nitrogen and oxygen atoms in total. The van der Waals surface area contributed by atoms with Crippen LogP contribution < -0.4 is 5.32 Å². The van der Waals surface area contributed by atoms with Gasteiger partial charge in [0.15, 0.2) is 0 Å². The molecule has 0 heterocycles. The van der Waals surface area contributed by atoms with Crippen LogP contribution >= 0.6 is 0 Å². The number of esters is 2. The third-order valence-electron chi connectivity index (χ3n) is 1.47. The predicted octanol–water partition coefficient (Wildman–Crippen LogP) is 0.0891.